The molecule has 1 fully saturated rings. The van der Waals surface area contributed by atoms with Gasteiger partial charge in [-0.25, -0.2) is 14.6 Å². The number of carbonyl (C=O) groups is 4. The maximum absolute atomic E-state index is 11.7. The monoisotopic (exact) mass is 278 g/mol. The van der Waals surface area contributed by atoms with Gasteiger partial charge in [0.05, 0.1) is 6.54 Å². The minimum absolute atomic E-state index is 0.142. The number of hydrogen-bond acceptors (Lipinski definition) is 5. The molecule has 0 aromatic carbocycles. The van der Waals surface area contributed by atoms with Gasteiger partial charge in [-0.1, -0.05) is 0 Å². The Morgan fingerprint density at radius 2 is 2.20 bits per heavy atom. The molecule has 9 nitrogen and oxygen atoms in total. The lowest BCUT2D eigenvalue weighted by molar-refractivity contribution is -0.128. The van der Waals surface area contributed by atoms with Gasteiger partial charge < -0.3 is 15.7 Å². The standard InChI is InChI=1S/C11H10N4O5/c16-7(5-15-8(17)4-13-11(15)20)14-9-6(10(18)19)2-1-3-12-9/h1-3H,4-5H2,(H,13,20)(H,18,19)(H,12,14,16). The Hall–Kier alpha value is -2.97. The first kappa shape index (κ1) is 13.5. The highest BCUT2D eigenvalue weighted by atomic mass is 16.4. The fourth-order valence-corrected chi connectivity index (χ4v) is 1.61. The van der Waals surface area contributed by atoms with E-state index in [1.165, 1.54) is 18.3 Å². The number of aromatic carboxylic acids is 1. The van der Waals surface area contributed by atoms with Crippen molar-refractivity contribution in [2.45, 2.75) is 0 Å². The summed E-state index contributed by atoms with van der Waals surface area (Å²) in [4.78, 5) is 49.7. The normalized spacial score (nSPS) is 14.1. The van der Waals surface area contributed by atoms with Crippen LogP contribution in [0.3, 0.4) is 0 Å². The van der Waals surface area contributed by atoms with Crippen molar-refractivity contribution in [3.63, 3.8) is 0 Å². The maximum atomic E-state index is 11.7. The van der Waals surface area contributed by atoms with Crippen molar-refractivity contribution < 1.29 is 24.3 Å². The van der Waals surface area contributed by atoms with Crippen LogP contribution in [0.15, 0.2) is 18.3 Å². The summed E-state index contributed by atoms with van der Waals surface area (Å²) in [6, 6.07) is 2.03. The molecule has 3 N–H and O–H groups in total. The molecule has 0 radical (unpaired) electrons. The van der Waals surface area contributed by atoms with Gasteiger partial charge in [0.1, 0.15) is 17.9 Å². The predicted octanol–water partition coefficient (Wildman–Crippen LogP) is -0.730. The summed E-state index contributed by atoms with van der Waals surface area (Å²) in [5, 5.41) is 13.4. The van der Waals surface area contributed by atoms with E-state index in [2.05, 4.69) is 15.6 Å². The third kappa shape index (κ3) is 2.71. The van der Waals surface area contributed by atoms with E-state index < -0.39 is 30.4 Å². The van der Waals surface area contributed by atoms with Gasteiger partial charge in [0.2, 0.25) is 5.91 Å². The average molecular weight is 278 g/mol. The molecule has 1 saturated heterocycles. The van der Waals surface area contributed by atoms with Crippen molar-refractivity contribution in [3.8, 4) is 0 Å². The van der Waals surface area contributed by atoms with Crippen molar-refractivity contribution in [2.24, 2.45) is 0 Å². The fraction of sp³-hybridized carbons (Fsp3) is 0.182. The van der Waals surface area contributed by atoms with E-state index in [1.54, 1.807) is 0 Å². The molecule has 1 aliphatic rings. The van der Waals surface area contributed by atoms with Crippen molar-refractivity contribution in [1.82, 2.24) is 15.2 Å². The number of carboxylic acids is 1. The minimum Gasteiger partial charge on any atom is -0.478 e. The first-order valence-corrected chi connectivity index (χ1v) is 5.55. The molecule has 0 saturated carbocycles. The zero-order chi connectivity index (χ0) is 14.7. The first-order valence-electron chi connectivity index (χ1n) is 5.55. The quantitative estimate of drug-likeness (QED) is 0.623. The second kappa shape index (κ2) is 5.34. The molecule has 2 heterocycles. The summed E-state index contributed by atoms with van der Waals surface area (Å²) in [5.74, 6) is -2.62. The van der Waals surface area contributed by atoms with Crippen LogP contribution in [0.4, 0.5) is 10.6 Å². The highest BCUT2D eigenvalue weighted by Crippen LogP contribution is 2.11. The van der Waals surface area contributed by atoms with E-state index in [-0.39, 0.29) is 17.9 Å². The number of aromatic nitrogens is 1. The number of hydrogen-bond donors (Lipinski definition) is 3. The highest BCUT2D eigenvalue weighted by Gasteiger charge is 2.30. The lowest BCUT2D eigenvalue weighted by Crippen LogP contribution is -2.38. The molecule has 0 unspecified atom stereocenters. The third-order valence-corrected chi connectivity index (χ3v) is 2.53. The lowest BCUT2D eigenvalue weighted by Gasteiger charge is -2.12. The lowest BCUT2D eigenvalue weighted by atomic mass is 10.2. The summed E-state index contributed by atoms with van der Waals surface area (Å²) in [7, 11) is 0. The van der Waals surface area contributed by atoms with Crippen molar-refractivity contribution in [1.29, 1.82) is 0 Å². The van der Waals surface area contributed by atoms with Crippen molar-refractivity contribution in [2.75, 3.05) is 18.4 Å². The van der Waals surface area contributed by atoms with Crippen LogP contribution < -0.4 is 10.6 Å². The molecular weight excluding hydrogens is 268 g/mol. The number of anilines is 1. The second-order valence-corrected chi connectivity index (χ2v) is 3.89. The first-order chi connectivity index (χ1) is 9.49. The van der Waals surface area contributed by atoms with Crippen LogP contribution in [0.2, 0.25) is 0 Å². The Labute approximate surface area is 112 Å². The number of rotatable bonds is 4. The fourth-order valence-electron chi connectivity index (χ4n) is 1.61. The predicted molar refractivity (Wildman–Crippen MR) is 64.9 cm³/mol. The Morgan fingerprint density at radius 3 is 2.80 bits per heavy atom. The summed E-state index contributed by atoms with van der Waals surface area (Å²) in [6.07, 6.45) is 1.32. The summed E-state index contributed by atoms with van der Waals surface area (Å²) in [5.41, 5.74) is -0.182. The Kier molecular flexibility index (Phi) is 3.60. The SMILES string of the molecule is O=C(CN1C(=O)CNC1=O)Nc1ncccc1C(=O)O. The zero-order valence-electron chi connectivity index (χ0n) is 10.1. The molecule has 104 valence electrons. The largest absolute Gasteiger partial charge is 0.478 e. The Balaban J connectivity index is 2.07. The number of carboxylic acid groups (broad SMARTS) is 1. The van der Waals surface area contributed by atoms with Gasteiger partial charge in [0.15, 0.2) is 0 Å². The molecule has 0 atom stereocenters. The molecule has 0 spiro atoms. The number of pyridine rings is 1. The van der Waals surface area contributed by atoms with E-state index in [1.807, 2.05) is 0 Å². The number of carbonyl (C=O) groups excluding carboxylic acids is 3. The Bertz CT molecular complexity index is 584. The van der Waals surface area contributed by atoms with Crippen LogP contribution in [0, 0.1) is 0 Å². The van der Waals surface area contributed by atoms with E-state index in [9.17, 15) is 19.2 Å². The van der Waals surface area contributed by atoms with Crippen LogP contribution in [-0.2, 0) is 9.59 Å². The number of imide groups is 1. The number of urea groups is 1. The van der Waals surface area contributed by atoms with Crippen LogP contribution in [0.5, 0.6) is 0 Å². The zero-order valence-corrected chi connectivity index (χ0v) is 10.1. The van der Waals surface area contributed by atoms with E-state index in [0.717, 1.165) is 4.90 Å². The summed E-state index contributed by atoms with van der Waals surface area (Å²) < 4.78 is 0. The van der Waals surface area contributed by atoms with Crippen molar-refractivity contribution in [3.05, 3.63) is 23.9 Å². The van der Waals surface area contributed by atoms with Crippen LogP contribution in [-0.4, -0.2) is 51.9 Å². The topological polar surface area (TPSA) is 129 Å². The third-order valence-electron chi connectivity index (χ3n) is 2.53. The highest BCUT2D eigenvalue weighted by molar-refractivity contribution is 6.07. The molecule has 0 aliphatic carbocycles. The van der Waals surface area contributed by atoms with Gasteiger partial charge in [-0.3, -0.25) is 14.5 Å². The second-order valence-electron chi connectivity index (χ2n) is 3.89. The van der Waals surface area contributed by atoms with E-state index >= 15 is 0 Å². The van der Waals surface area contributed by atoms with Gasteiger partial charge in [-0.15, -0.1) is 0 Å². The van der Waals surface area contributed by atoms with Gasteiger partial charge in [0.25, 0.3) is 5.91 Å². The summed E-state index contributed by atoms with van der Waals surface area (Å²) >= 11 is 0. The van der Waals surface area contributed by atoms with E-state index in [0.29, 0.717) is 0 Å². The summed E-state index contributed by atoms with van der Waals surface area (Å²) in [6.45, 7) is -0.656. The molecule has 1 aliphatic heterocycles. The van der Waals surface area contributed by atoms with E-state index in [4.69, 9.17) is 5.11 Å². The molecule has 1 aromatic rings. The number of nitrogens with one attached hydrogen (secondary N) is 2. The van der Waals surface area contributed by atoms with Crippen LogP contribution in [0.1, 0.15) is 10.4 Å². The average Bonchev–Trinajstić information content (AvgIpc) is 2.71. The van der Waals surface area contributed by atoms with Crippen molar-refractivity contribution >= 4 is 29.6 Å². The van der Waals surface area contributed by atoms with Gasteiger partial charge in [0, 0.05) is 6.20 Å². The number of amides is 4. The van der Waals surface area contributed by atoms with Crippen LogP contribution in [0.25, 0.3) is 0 Å². The maximum Gasteiger partial charge on any atom is 0.339 e. The number of nitrogens with zero attached hydrogens (tertiary/aromatic N) is 2. The Morgan fingerprint density at radius 1 is 1.45 bits per heavy atom. The van der Waals surface area contributed by atoms with Crippen LogP contribution >= 0.6 is 0 Å². The van der Waals surface area contributed by atoms with Gasteiger partial charge in [-0.2, -0.15) is 0 Å². The molecule has 1 aromatic heterocycles. The molecule has 20 heavy (non-hydrogen) atoms. The van der Waals surface area contributed by atoms with Gasteiger partial charge >= 0.3 is 12.0 Å². The minimum atomic E-state index is -1.25. The van der Waals surface area contributed by atoms with Gasteiger partial charge in [-0.05, 0) is 12.1 Å². The molecule has 9 heteroatoms. The molecule has 0 bridgehead atoms. The molecule has 4 amide bonds. The smallest absolute Gasteiger partial charge is 0.339 e. The molecular formula is C11H10N4O5. The molecule has 2 rings (SSSR count).